The third-order valence-electron chi connectivity index (χ3n) is 5.25. The Hall–Kier alpha value is -4.44. The Bertz CT molecular complexity index is 1350. The van der Waals surface area contributed by atoms with E-state index in [2.05, 4.69) is 4.99 Å². The van der Waals surface area contributed by atoms with E-state index in [9.17, 15) is 19.7 Å². The normalized spacial score (nSPS) is 15.5. The predicted octanol–water partition coefficient (Wildman–Crippen LogP) is 5.03. The smallest absolute Gasteiger partial charge is 0.307 e. The number of nitro groups is 1. The lowest BCUT2D eigenvalue weighted by Gasteiger charge is -2.07. The summed E-state index contributed by atoms with van der Waals surface area (Å²) in [5.41, 5.74) is 2.97. The molecule has 1 heterocycles. The molecule has 3 aromatic rings. The van der Waals surface area contributed by atoms with Crippen LogP contribution in [0.4, 0.5) is 11.4 Å². The number of amidine groups is 1. The van der Waals surface area contributed by atoms with Gasteiger partial charge >= 0.3 is 5.97 Å². The number of nitrogens with zero attached hydrogens (tertiary/aromatic N) is 3. The second-order valence-corrected chi connectivity index (χ2v) is 8.90. The lowest BCUT2D eigenvalue weighted by Crippen LogP contribution is -2.23. The van der Waals surface area contributed by atoms with Gasteiger partial charge in [-0.05, 0) is 70.9 Å². The van der Waals surface area contributed by atoms with Crippen molar-refractivity contribution in [1.82, 2.24) is 4.90 Å². The van der Waals surface area contributed by atoms with Crippen LogP contribution in [0.5, 0.6) is 5.75 Å². The SMILES string of the molecule is CN1C(=O)/C(=C\c2ccc(OCc3ccc([N+](=O)[O-])cc3)cc2)SC1=Nc1ccc(CC(=O)O)cc1. The number of non-ortho nitro benzene ring substituents is 1. The van der Waals surface area contributed by atoms with Gasteiger partial charge in [0.2, 0.25) is 0 Å². The van der Waals surface area contributed by atoms with E-state index in [1.807, 2.05) is 12.1 Å². The van der Waals surface area contributed by atoms with Gasteiger partial charge in [-0.25, -0.2) is 4.99 Å². The molecule has 0 aliphatic carbocycles. The molecule has 3 aromatic carbocycles. The summed E-state index contributed by atoms with van der Waals surface area (Å²) >= 11 is 1.26. The van der Waals surface area contributed by atoms with Crippen molar-refractivity contribution in [3.8, 4) is 5.75 Å². The fourth-order valence-corrected chi connectivity index (χ4v) is 4.30. The lowest BCUT2D eigenvalue weighted by molar-refractivity contribution is -0.384. The number of rotatable bonds is 8. The van der Waals surface area contributed by atoms with E-state index >= 15 is 0 Å². The van der Waals surface area contributed by atoms with Crippen molar-refractivity contribution in [2.75, 3.05) is 7.05 Å². The molecule has 1 amide bonds. The van der Waals surface area contributed by atoms with E-state index in [0.29, 0.717) is 27.1 Å². The van der Waals surface area contributed by atoms with Crippen LogP contribution < -0.4 is 4.74 Å². The summed E-state index contributed by atoms with van der Waals surface area (Å²) in [6, 6.07) is 20.3. The number of carbonyl (C=O) groups excluding carboxylic acids is 1. The van der Waals surface area contributed by atoms with Gasteiger partial charge in [-0.3, -0.25) is 24.6 Å². The van der Waals surface area contributed by atoms with Gasteiger partial charge in [-0.15, -0.1) is 0 Å². The van der Waals surface area contributed by atoms with Gasteiger partial charge in [0, 0.05) is 19.2 Å². The number of thioether (sulfide) groups is 1. The van der Waals surface area contributed by atoms with Crippen LogP contribution in [0.1, 0.15) is 16.7 Å². The number of carbonyl (C=O) groups is 2. The van der Waals surface area contributed by atoms with E-state index in [4.69, 9.17) is 9.84 Å². The van der Waals surface area contributed by atoms with Crippen LogP contribution in [0.3, 0.4) is 0 Å². The molecule has 0 saturated carbocycles. The second-order valence-electron chi connectivity index (χ2n) is 7.89. The molecule has 182 valence electrons. The number of hydrogen-bond acceptors (Lipinski definition) is 7. The topological polar surface area (TPSA) is 122 Å². The van der Waals surface area contributed by atoms with Crippen molar-refractivity contribution in [2.45, 2.75) is 13.0 Å². The van der Waals surface area contributed by atoms with E-state index in [1.165, 1.54) is 28.8 Å². The number of benzene rings is 3. The first-order valence-corrected chi connectivity index (χ1v) is 11.6. The molecule has 10 heteroatoms. The number of carboxylic acid groups (broad SMARTS) is 1. The van der Waals surface area contributed by atoms with Crippen LogP contribution in [0.25, 0.3) is 6.08 Å². The number of ether oxygens (including phenoxy) is 1. The maximum absolute atomic E-state index is 12.7. The molecule has 1 N–H and O–H groups in total. The average Bonchev–Trinajstić information content (AvgIpc) is 3.12. The monoisotopic (exact) mass is 503 g/mol. The second kappa shape index (κ2) is 10.9. The molecule has 36 heavy (non-hydrogen) atoms. The maximum Gasteiger partial charge on any atom is 0.307 e. The van der Waals surface area contributed by atoms with Crippen LogP contribution in [0, 0.1) is 10.1 Å². The first-order valence-electron chi connectivity index (χ1n) is 10.8. The highest BCUT2D eigenvalue weighted by atomic mass is 32.2. The minimum atomic E-state index is -0.899. The fraction of sp³-hybridized carbons (Fsp3) is 0.115. The van der Waals surface area contributed by atoms with Crippen molar-refractivity contribution in [2.24, 2.45) is 4.99 Å². The molecule has 9 nitrogen and oxygen atoms in total. The largest absolute Gasteiger partial charge is 0.489 e. The molecule has 1 saturated heterocycles. The molecule has 0 aromatic heterocycles. The third-order valence-corrected chi connectivity index (χ3v) is 6.31. The van der Waals surface area contributed by atoms with E-state index in [0.717, 1.165) is 11.1 Å². The first kappa shape index (κ1) is 24.7. The number of carboxylic acids is 1. The predicted molar refractivity (Wildman–Crippen MR) is 137 cm³/mol. The molecular formula is C26H21N3O6S. The number of amides is 1. The number of aliphatic imine (C=N–C) groups is 1. The Labute approximate surface area is 210 Å². The van der Waals surface area contributed by atoms with Crippen LogP contribution in [0.2, 0.25) is 0 Å². The maximum atomic E-state index is 12.7. The summed E-state index contributed by atoms with van der Waals surface area (Å²) in [6.45, 7) is 0.272. The first-order chi connectivity index (χ1) is 17.3. The van der Waals surface area contributed by atoms with Crippen LogP contribution in [0.15, 0.2) is 82.7 Å². The third kappa shape index (κ3) is 6.16. The number of aliphatic carboxylic acids is 1. The molecule has 4 rings (SSSR count). The Morgan fingerprint density at radius 2 is 1.69 bits per heavy atom. The highest BCUT2D eigenvalue weighted by Gasteiger charge is 2.30. The van der Waals surface area contributed by atoms with Crippen molar-refractivity contribution >= 4 is 46.3 Å². The molecule has 1 aliphatic heterocycles. The molecular weight excluding hydrogens is 482 g/mol. The Kier molecular flexibility index (Phi) is 7.45. The standard InChI is InChI=1S/C26H21N3O6S/c1-28-25(32)23(36-26(28)27-20-8-2-18(3-9-20)15-24(30)31)14-17-6-12-22(13-7-17)35-16-19-4-10-21(11-5-19)29(33)34/h2-14H,15-16H2,1H3,(H,30,31)/b23-14+,27-26?. The van der Waals surface area contributed by atoms with Crippen LogP contribution in [-0.4, -0.2) is 39.0 Å². The van der Waals surface area contributed by atoms with Gasteiger partial charge in [0.1, 0.15) is 12.4 Å². The van der Waals surface area contributed by atoms with Gasteiger partial charge < -0.3 is 9.84 Å². The summed E-state index contributed by atoms with van der Waals surface area (Å²) in [4.78, 5) is 40.4. The van der Waals surface area contributed by atoms with Crippen molar-refractivity contribution in [3.63, 3.8) is 0 Å². The van der Waals surface area contributed by atoms with Gasteiger partial charge in [0.05, 0.1) is 21.9 Å². The van der Waals surface area contributed by atoms with Crippen LogP contribution >= 0.6 is 11.8 Å². The number of hydrogen-bond donors (Lipinski definition) is 1. The molecule has 1 aliphatic rings. The summed E-state index contributed by atoms with van der Waals surface area (Å²) in [5, 5.41) is 20.2. The summed E-state index contributed by atoms with van der Waals surface area (Å²) in [5.74, 6) is -0.434. The lowest BCUT2D eigenvalue weighted by atomic mass is 10.1. The molecule has 0 bridgehead atoms. The molecule has 0 atom stereocenters. The Balaban J connectivity index is 1.39. The minimum Gasteiger partial charge on any atom is -0.489 e. The van der Waals surface area contributed by atoms with Gasteiger partial charge in [0.25, 0.3) is 11.6 Å². The zero-order valence-corrected chi connectivity index (χ0v) is 20.0. The molecule has 0 radical (unpaired) electrons. The Morgan fingerprint density at radius 1 is 1.06 bits per heavy atom. The zero-order chi connectivity index (χ0) is 25.7. The highest BCUT2D eigenvalue weighted by molar-refractivity contribution is 8.18. The van der Waals surface area contributed by atoms with Crippen molar-refractivity contribution in [1.29, 1.82) is 0 Å². The van der Waals surface area contributed by atoms with Gasteiger partial charge in [-0.1, -0.05) is 24.3 Å². The van der Waals surface area contributed by atoms with Gasteiger partial charge in [-0.2, -0.15) is 0 Å². The quantitative estimate of drug-likeness (QED) is 0.260. The summed E-state index contributed by atoms with van der Waals surface area (Å²) in [7, 11) is 1.66. The van der Waals surface area contributed by atoms with E-state index in [-0.39, 0.29) is 24.6 Å². The highest BCUT2D eigenvalue weighted by Crippen LogP contribution is 2.33. The van der Waals surface area contributed by atoms with Crippen molar-refractivity contribution < 1.29 is 24.4 Å². The van der Waals surface area contributed by atoms with Gasteiger partial charge in [0.15, 0.2) is 5.17 Å². The average molecular weight is 504 g/mol. The van der Waals surface area contributed by atoms with Crippen molar-refractivity contribution in [3.05, 3.63) is 105 Å². The molecule has 0 spiro atoms. The molecule has 1 fully saturated rings. The van der Waals surface area contributed by atoms with E-state index < -0.39 is 10.9 Å². The minimum absolute atomic E-state index is 0.0305. The molecule has 0 unspecified atom stereocenters. The van der Waals surface area contributed by atoms with Crippen LogP contribution in [-0.2, 0) is 22.6 Å². The van der Waals surface area contributed by atoms with E-state index in [1.54, 1.807) is 61.7 Å². The summed E-state index contributed by atoms with van der Waals surface area (Å²) < 4.78 is 5.75. The number of nitro benzene ring substituents is 1. The zero-order valence-electron chi connectivity index (χ0n) is 19.2. The summed E-state index contributed by atoms with van der Waals surface area (Å²) in [6.07, 6.45) is 1.72. The Morgan fingerprint density at radius 3 is 2.31 bits per heavy atom. The fourth-order valence-electron chi connectivity index (χ4n) is 3.32. The number of likely N-dealkylation sites (N-methyl/N-ethyl adjacent to an activating group) is 1.